The molecule has 117 heavy (non-hydrogen) atoms. The van der Waals surface area contributed by atoms with Crippen molar-refractivity contribution < 1.29 is 27.5 Å². The highest BCUT2D eigenvalue weighted by Crippen LogP contribution is 2.51. The first-order valence-corrected chi connectivity index (χ1v) is 43.6. The number of unbranched alkanes of at least 4 members (excludes halogenated alkanes) is 6. The normalized spacial score (nSPS) is 12.7. The molecule has 16 rings (SSSR count). The zero-order chi connectivity index (χ0) is 80.3. The first kappa shape index (κ1) is 79.3. The van der Waals surface area contributed by atoms with Gasteiger partial charge in [-0.15, -0.1) is 30.6 Å². The third-order valence-electron chi connectivity index (χ3n) is 24.1. The molecule has 15 nitrogen and oxygen atoms in total. The summed E-state index contributed by atoms with van der Waals surface area (Å²) in [6, 6.07) is 71.8. The molecule has 0 fully saturated rings. The molecule has 0 spiro atoms. The minimum Gasteiger partial charge on any atom is -0.494 e. The van der Waals surface area contributed by atoms with Gasteiger partial charge in [-0.3, -0.25) is 0 Å². The number of ether oxygens (including phenoxy) is 3. The van der Waals surface area contributed by atoms with Gasteiger partial charge in [-0.1, -0.05) is 194 Å². The highest BCUT2D eigenvalue weighted by Gasteiger charge is 2.31. The lowest BCUT2D eigenvalue weighted by molar-refractivity contribution is 0.309. The molecule has 10 aromatic carbocycles. The number of nitrogens with zero attached hydrogens (tertiary/aromatic N) is 9. The van der Waals surface area contributed by atoms with Crippen LogP contribution in [0.1, 0.15) is 178 Å². The highest BCUT2D eigenvalue weighted by atomic mass is 16.5. The molecule has 600 valence electrons. The minimum absolute atomic E-state index is 0.440. The van der Waals surface area contributed by atoms with E-state index >= 15 is 0 Å². The van der Waals surface area contributed by atoms with Gasteiger partial charge in [-0.05, 0) is 235 Å². The van der Waals surface area contributed by atoms with Gasteiger partial charge < -0.3 is 41.2 Å². The molecule has 0 aliphatic carbocycles. The first-order valence-electron chi connectivity index (χ1n) is 43.6. The third-order valence-corrected chi connectivity index (χ3v) is 24.1. The van der Waals surface area contributed by atoms with Crippen LogP contribution in [0.25, 0.3) is 168 Å². The van der Waals surface area contributed by atoms with Crippen molar-refractivity contribution in [1.82, 2.24) is 44.3 Å². The van der Waals surface area contributed by atoms with Crippen molar-refractivity contribution in [2.75, 3.05) is 19.8 Å². The number of hydrogen-bond acceptors (Lipinski definition) is 12. The summed E-state index contributed by atoms with van der Waals surface area (Å²) in [5.41, 5.74) is 19.5. The summed E-state index contributed by atoms with van der Waals surface area (Å²) in [4.78, 5) is 0. The van der Waals surface area contributed by atoms with E-state index in [0.717, 1.165) is 200 Å². The summed E-state index contributed by atoms with van der Waals surface area (Å²) < 4.78 is 45.6. The maximum Gasteiger partial charge on any atom is 0.248 e. The van der Waals surface area contributed by atoms with Crippen LogP contribution in [0.5, 0.6) is 17.2 Å². The van der Waals surface area contributed by atoms with Gasteiger partial charge in [0, 0.05) is 102 Å². The van der Waals surface area contributed by atoms with E-state index in [0.29, 0.717) is 72.9 Å². The van der Waals surface area contributed by atoms with Crippen LogP contribution in [0.3, 0.4) is 0 Å². The fraction of sp³-hybridized carbons (Fsp3) is 0.353. The van der Waals surface area contributed by atoms with Crippen molar-refractivity contribution in [3.05, 3.63) is 200 Å². The van der Waals surface area contributed by atoms with Crippen LogP contribution >= 0.6 is 0 Å². The standard InChI is InChI=1S/C102H111N9O6/c1-10-19-25-67(16-7)64-109-88-55-46-79(70-28-34-73(35-29-70)97-103-106-100(115-97)76-40-49-82(50-41-76)112-58-22-13-4)61-85(88)91-94(109)92-86-62-80(71-30-36-74(37-31-71)98-104-107-101(116-98)77-42-51-83(52-43-77)113-59-23-14-5)47-56-89(86)110(65-68(17-8)26-20-11-2)96(92)93-87-63-81(48-57-90(87)111(95(91)93)66-69(18-9)27-21-12-3)72-32-38-75(39-33-72)99-105-108-102(117-99)78-44-53-84(54-45-78)114-60-24-15-6/h28-57,61-63,67-69H,10-27,58-60,64-66H2,1-9H3. The zero-order valence-electron chi connectivity index (χ0n) is 69.7. The summed E-state index contributed by atoms with van der Waals surface area (Å²) in [5, 5.41) is 35.1. The number of aromatic nitrogens is 9. The summed E-state index contributed by atoms with van der Waals surface area (Å²) in [7, 11) is 0. The smallest absolute Gasteiger partial charge is 0.248 e. The van der Waals surface area contributed by atoms with Crippen molar-refractivity contribution in [2.24, 2.45) is 17.8 Å². The van der Waals surface area contributed by atoms with Crippen LogP contribution in [0, 0.1) is 17.8 Å². The Morgan fingerprint density at radius 1 is 0.256 bits per heavy atom. The number of hydrogen-bond donors (Lipinski definition) is 0. The van der Waals surface area contributed by atoms with E-state index in [-0.39, 0.29) is 0 Å². The Hall–Kier alpha value is -11.6. The van der Waals surface area contributed by atoms with E-state index in [1.807, 2.05) is 72.8 Å². The predicted octanol–water partition coefficient (Wildman–Crippen LogP) is 28.3. The molecular weight excluding hydrogens is 1450 g/mol. The predicted molar refractivity (Wildman–Crippen MR) is 479 cm³/mol. The molecule has 16 aromatic rings. The van der Waals surface area contributed by atoms with Crippen molar-refractivity contribution in [3.8, 4) is 119 Å². The SMILES string of the molecule is CCCCOc1ccc(-c2nnc(-c3ccc(-c4ccc5c(c4)c4c(c6c7cc(-c8ccc(-c9nnc(-c%10ccc(OCCCC)cc%10)o9)cc8)ccc7n(CC(CC)CCCC)c6c6c7cc(-c8ccc(-c9nnc(-c%10ccc(OCCCC)cc%10)o9)cc8)ccc7n(CC(CC)CCCC)c46)n5CC(CC)CCCC)cc3)o2)cc1. The molecule has 0 aliphatic heterocycles. The molecule has 0 aliphatic rings. The molecule has 0 saturated carbocycles. The second-order valence-electron chi connectivity index (χ2n) is 32.1. The monoisotopic (exact) mass is 1560 g/mol. The Bertz CT molecular complexity index is 5390. The number of fused-ring (bicyclic) bond motifs is 12. The van der Waals surface area contributed by atoms with Gasteiger partial charge >= 0.3 is 0 Å². The van der Waals surface area contributed by atoms with Gasteiger partial charge in [0.15, 0.2) is 0 Å². The molecule has 6 heterocycles. The lowest BCUT2D eigenvalue weighted by atomic mass is 9.96. The van der Waals surface area contributed by atoms with Crippen LogP contribution in [0.15, 0.2) is 213 Å². The van der Waals surface area contributed by atoms with E-state index in [1.54, 1.807) is 0 Å². The van der Waals surface area contributed by atoms with Gasteiger partial charge in [0.2, 0.25) is 35.3 Å². The topological polar surface area (TPSA) is 159 Å². The average Bonchev–Trinajstić information content (AvgIpc) is 1.51. The summed E-state index contributed by atoms with van der Waals surface area (Å²) >= 11 is 0. The molecule has 0 saturated heterocycles. The maximum absolute atomic E-state index is 6.43. The van der Waals surface area contributed by atoms with Crippen LogP contribution in [-0.2, 0) is 19.6 Å². The Kier molecular flexibility index (Phi) is 24.9. The van der Waals surface area contributed by atoms with Gasteiger partial charge in [-0.25, -0.2) is 0 Å². The first-order chi connectivity index (χ1) is 57.6. The second-order valence-corrected chi connectivity index (χ2v) is 32.1. The Morgan fingerprint density at radius 3 is 0.692 bits per heavy atom. The Labute approximate surface area is 687 Å². The fourth-order valence-electron chi connectivity index (χ4n) is 17.1. The minimum atomic E-state index is 0.440. The summed E-state index contributed by atoms with van der Waals surface area (Å²) in [5.74, 6) is 6.63. The van der Waals surface area contributed by atoms with Crippen LogP contribution < -0.4 is 14.2 Å². The van der Waals surface area contributed by atoms with E-state index in [1.165, 1.54) is 84.7 Å². The molecule has 15 heteroatoms. The Balaban J connectivity index is 0.904. The molecule has 0 radical (unpaired) electrons. The second kappa shape index (κ2) is 36.7. The number of rotatable bonds is 39. The van der Waals surface area contributed by atoms with Gasteiger partial charge in [0.25, 0.3) is 0 Å². The molecule has 3 atom stereocenters. The van der Waals surface area contributed by atoms with Crippen LogP contribution in [-0.4, -0.2) is 64.1 Å². The van der Waals surface area contributed by atoms with Crippen molar-refractivity contribution in [1.29, 1.82) is 0 Å². The molecule has 6 aromatic heterocycles. The van der Waals surface area contributed by atoms with Gasteiger partial charge in [0.05, 0.1) is 36.4 Å². The number of benzene rings is 10. The third kappa shape index (κ3) is 16.8. The summed E-state index contributed by atoms with van der Waals surface area (Å²) in [6.45, 7) is 25.5. The quantitative estimate of drug-likeness (QED) is 0.0336. The van der Waals surface area contributed by atoms with E-state index < -0.39 is 0 Å². The lowest BCUT2D eigenvalue weighted by Gasteiger charge is -2.20. The maximum atomic E-state index is 6.43. The van der Waals surface area contributed by atoms with Crippen molar-refractivity contribution >= 4 is 65.4 Å². The van der Waals surface area contributed by atoms with E-state index in [9.17, 15) is 0 Å². The van der Waals surface area contributed by atoms with Crippen molar-refractivity contribution in [3.63, 3.8) is 0 Å². The lowest BCUT2D eigenvalue weighted by Crippen LogP contribution is -2.12. The average molecular weight is 1560 g/mol. The zero-order valence-corrected chi connectivity index (χ0v) is 69.7. The van der Waals surface area contributed by atoms with Crippen molar-refractivity contribution in [2.45, 2.75) is 198 Å². The molecule has 0 N–H and O–H groups in total. The Morgan fingerprint density at radius 2 is 0.470 bits per heavy atom. The fourth-order valence-corrected chi connectivity index (χ4v) is 17.1. The van der Waals surface area contributed by atoms with Crippen LogP contribution in [0.4, 0.5) is 0 Å². The van der Waals surface area contributed by atoms with E-state index in [4.69, 9.17) is 27.5 Å². The largest absolute Gasteiger partial charge is 0.494 e. The molecule has 3 unspecified atom stereocenters. The van der Waals surface area contributed by atoms with Crippen LogP contribution in [0.2, 0.25) is 0 Å². The summed E-state index contributed by atoms with van der Waals surface area (Å²) in [6.07, 6.45) is 19.9. The molecular formula is C102H111N9O6. The van der Waals surface area contributed by atoms with Gasteiger partial charge in [-0.2, -0.15) is 0 Å². The molecule has 0 bridgehead atoms. The highest BCUT2D eigenvalue weighted by molar-refractivity contribution is 6.40. The molecule has 0 amide bonds. The van der Waals surface area contributed by atoms with Gasteiger partial charge in [0.1, 0.15) is 17.2 Å². The van der Waals surface area contributed by atoms with E-state index in [2.05, 4.69) is 234 Å².